The Balaban J connectivity index is 1.70. The molecule has 0 bridgehead atoms. The van der Waals surface area contributed by atoms with Gasteiger partial charge in [0.05, 0.1) is 13.2 Å². The first-order chi connectivity index (χ1) is 9.86. The molecule has 4 heteroatoms. The number of benzene rings is 1. The second kappa shape index (κ2) is 6.46. The maximum atomic E-state index is 5.78. The first-order valence-electron chi connectivity index (χ1n) is 7.70. The number of nitrogens with zero attached hydrogens (tertiary/aromatic N) is 1. The zero-order chi connectivity index (χ0) is 13.8. The van der Waals surface area contributed by atoms with Crippen LogP contribution in [0, 0.1) is 0 Å². The molecule has 0 saturated carbocycles. The van der Waals surface area contributed by atoms with Crippen LogP contribution in [0.5, 0.6) is 11.5 Å². The van der Waals surface area contributed by atoms with Gasteiger partial charge in [-0.15, -0.1) is 0 Å². The van der Waals surface area contributed by atoms with E-state index >= 15 is 0 Å². The van der Waals surface area contributed by atoms with Crippen molar-refractivity contribution in [3.8, 4) is 11.5 Å². The van der Waals surface area contributed by atoms with Crippen molar-refractivity contribution in [2.45, 2.75) is 32.4 Å². The van der Waals surface area contributed by atoms with Gasteiger partial charge in [0.15, 0.2) is 11.5 Å². The van der Waals surface area contributed by atoms with Crippen molar-refractivity contribution in [3.63, 3.8) is 0 Å². The molecular weight excluding hydrogens is 252 g/mol. The SMILES string of the molecule is CCCN(Cc1ccc2c(c1)OCCCO2)C1CNC1. The van der Waals surface area contributed by atoms with Crippen molar-refractivity contribution in [2.75, 3.05) is 32.8 Å². The van der Waals surface area contributed by atoms with Gasteiger partial charge < -0.3 is 14.8 Å². The molecule has 1 aromatic rings. The van der Waals surface area contributed by atoms with Crippen LogP contribution in [0.1, 0.15) is 25.3 Å². The van der Waals surface area contributed by atoms with E-state index in [1.165, 1.54) is 12.0 Å². The Morgan fingerprint density at radius 3 is 2.70 bits per heavy atom. The first-order valence-corrected chi connectivity index (χ1v) is 7.70. The number of rotatable bonds is 5. The monoisotopic (exact) mass is 276 g/mol. The average molecular weight is 276 g/mol. The molecule has 0 aromatic heterocycles. The topological polar surface area (TPSA) is 33.7 Å². The van der Waals surface area contributed by atoms with Gasteiger partial charge in [0, 0.05) is 32.1 Å². The van der Waals surface area contributed by atoms with E-state index in [4.69, 9.17) is 9.47 Å². The van der Waals surface area contributed by atoms with Crippen molar-refractivity contribution < 1.29 is 9.47 Å². The summed E-state index contributed by atoms with van der Waals surface area (Å²) in [4.78, 5) is 2.57. The van der Waals surface area contributed by atoms with E-state index in [2.05, 4.69) is 35.3 Å². The smallest absolute Gasteiger partial charge is 0.161 e. The lowest BCUT2D eigenvalue weighted by molar-refractivity contribution is 0.137. The lowest BCUT2D eigenvalue weighted by Gasteiger charge is -2.38. The molecule has 3 rings (SSSR count). The summed E-state index contributed by atoms with van der Waals surface area (Å²) in [5.41, 5.74) is 1.31. The Kier molecular flexibility index (Phi) is 4.43. The molecule has 1 N–H and O–H groups in total. The largest absolute Gasteiger partial charge is 0.490 e. The van der Waals surface area contributed by atoms with Crippen molar-refractivity contribution in [3.05, 3.63) is 23.8 Å². The summed E-state index contributed by atoms with van der Waals surface area (Å²) in [6.07, 6.45) is 2.15. The Bertz CT molecular complexity index is 446. The summed E-state index contributed by atoms with van der Waals surface area (Å²) in [7, 11) is 0. The van der Waals surface area contributed by atoms with Gasteiger partial charge in [-0.2, -0.15) is 0 Å². The highest BCUT2D eigenvalue weighted by Crippen LogP contribution is 2.31. The van der Waals surface area contributed by atoms with Gasteiger partial charge in [-0.25, -0.2) is 0 Å². The fourth-order valence-corrected chi connectivity index (χ4v) is 2.75. The third-order valence-electron chi connectivity index (χ3n) is 3.98. The molecule has 0 aliphatic carbocycles. The standard InChI is InChI=1S/C16H24N2O2/c1-2-6-18(14-10-17-11-14)12-13-4-5-15-16(9-13)20-8-3-7-19-15/h4-5,9,14,17H,2-3,6-8,10-12H2,1H3. The zero-order valence-corrected chi connectivity index (χ0v) is 12.2. The lowest BCUT2D eigenvalue weighted by Crippen LogP contribution is -2.56. The van der Waals surface area contributed by atoms with E-state index in [1.54, 1.807) is 0 Å². The number of fused-ring (bicyclic) bond motifs is 1. The van der Waals surface area contributed by atoms with Crippen LogP contribution in [-0.2, 0) is 6.54 Å². The fourth-order valence-electron chi connectivity index (χ4n) is 2.75. The Morgan fingerprint density at radius 1 is 1.20 bits per heavy atom. The van der Waals surface area contributed by atoms with Crippen LogP contribution < -0.4 is 14.8 Å². The molecule has 2 aliphatic rings. The summed E-state index contributed by atoms with van der Waals surface area (Å²) in [5, 5.41) is 3.36. The van der Waals surface area contributed by atoms with E-state index in [9.17, 15) is 0 Å². The molecule has 0 spiro atoms. The summed E-state index contributed by atoms with van der Waals surface area (Å²) < 4.78 is 11.5. The van der Waals surface area contributed by atoms with Gasteiger partial charge in [0.2, 0.25) is 0 Å². The van der Waals surface area contributed by atoms with Crippen LogP contribution >= 0.6 is 0 Å². The highest BCUT2D eigenvalue weighted by atomic mass is 16.5. The minimum absolute atomic E-state index is 0.686. The maximum absolute atomic E-state index is 5.78. The van der Waals surface area contributed by atoms with Gasteiger partial charge in [-0.05, 0) is 30.7 Å². The second-order valence-electron chi connectivity index (χ2n) is 5.61. The van der Waals surface area contributed by atoms with Crippen LogP contribution in [-0.4, -0.2) is 43.8 Å². The van der Waals surface area contributed by atoms with Crippen molar-refractivity contribution in [1.82, 2.24) is 10.2 Å². The predicted octanol–water partition coefficient (Wildman–Crippen LogP) is 2.03. The molecule has 0 radical (unpaired) electrons. The van der Waals surface area contributed by atoms with Crippen LogP contribution in [0.2, 0.25) is 0 Å². The molecule has 4 nitrogen and oxygen atoms in total. The Hall–Kier alpha value is -1.26. The van der Waals surface area contributed by atoms with E-state index in [1.807, 2.05) is 0 Å². The van der Waals surface area contributed by atoms with Gasteiger partial charge in [-0.1, -0.05) is 13.0 Å². The molecule has 20 heavy (non-hydrogen) atoms. The number of nitrogens with one attached hydrogen (secondary N) is 1. The summed E-state index contributed by atoms with van der Waals surface area (Å²) >= 11 is 0. The van der Waals surface area contributed by atoms with Gasteiger partial charge in [0.25, 0.3) is 0 Å². The highest BCUT2D eigenvalue weighted by Gasteiger charge is 2.24. The molecule has 1 fully saturated rings. The van der Waals surface area contributed by atoms with Crippen molar-refractivity contribution in [1.29, 1.82) is 0 Å². The van der Waals surface area contributed by atoms with Crippen LogP contribution in [0.3, 0.4) is 0 Å². The number of ether oxygens (including phenoxy) is 2. The minimum atomic E-state index is 0.686. The molecule has 1 saturated heterocycles. The lowest BCUT2D eigenvalue weighted by atomic mass is 10.1. The predicted molar refractivity (Wildman–Crippen MR) is 79.4 cm³/mol. The number of hydrogen-bond donors (Lipinski definition) is 1. The maximum Gasteiger partial charge on any atom is 0.161 e. The Labute approximate surface area is 121 Å². The molecule has 110 valence electrons. The minimum Gasteiger partial charge on any atom is -0.490 e. The molecule has 2 aliphatic heterocycles. The third kappa shape index (κ3) is 3.07. The molecule has 0 atom stereocenters. The van der Waals surface area contributed by atoms with Crippen LogP contribution in [0.25, 0.3) is 0 Å². The second-order valence-corrected chi connectivity index (χ2v) is 5.61. The molecular formula is C16H24N2O2. The molecule has 0 unspecified atom stereocenters. The van der Waals surface area contributed by atoms with Crippen molar-refractivity contribution >= 4 is 0 Å². The normalized spacial score (nSPS) is 18.7. The molecule has 2 heterocycles. The van der Waals surface area contributed by atoms with E-state index < -0.39 is 0 Å². The first kappa shape index (κ1) is 13.7. The molecule has 0 amide bonds. The van der Waals surface area contributed by atoms with Crippen LogP contribution in [0.4, 0.5) is 0 Å². The van der Waals surface area contributed by atoms with Gasteiger partial charge in [-0.3, -0.25) is 4.90 Å². The van der Waals surface area contributed by atoms with Crippen LogP contribution in [0.15, 0.2) is 18.2 Å². The summed E-state index contributed by atoms with van der Waals surface area (Å²) in [6.45, 7) is 8.13. The summed E-state index contributed by atoms with van der Waals surface area (Å²) in [6, 6.07) is 7.06. The summed E-state index contributed by atoms with van der Waals surface area (Å²) in [5.74, 6) is 1.79. The number of hydrogen-bond acceptors (Lipinski definition) is 4. The van der Waals surface area contributed by atoms with Crippen molar-refractivity contribution in [2.24, 2.45) is 0 Å². The quantitative estimate of drug-likeness (QED) is 0.892. The molecule has 1 aromatic carbocycles. The van der Waals surface area contributed by atoms with E-state index in [-0.39, 0.29) is 0 Å². The van der Waals surface area contributed by atoms with E-state index in [0.717, 1.165) is 57.3 Å². The van der Waals surface area contributed by atoms with Gasteiger partial charge in [0.1, 0.15) is 0 Å². The Morgan fingerprint density at radius 2 is 2.00 bits per heavy atom. The van der Waals surface area contributed by atoms with E-state index in [0.29, 0.717) is 6.04 Å². The highest BCUT2D eigenvalue weighted by molar-refractivity contribution is 5.43. The third-order valence-corrected chi connectivity index (χ3v) is 3.98. The zero-order valence-electron chi connectivity index (χ0n) is 12.2. The van der Waals surface area contributed by atoms with Gasteiger partial charge >= 0.3 is 0 Å². The average Bonchev–Trinajstić information content (AvgIpc) is 2.61. The fraction of sp³-hybridized carbons (Fsp3) is 0.625.